The molecule has 0 spiro atoms. The molecule has 3 nitrogen and oxygen atoms in total. The minimum Gasteiger partial charge on any atom is -0.478 e. The summed E-state index contributed by atoms with van der Waals surface area (Å²) in [5, 5.41) is 10.1. The van der Waals surface area contributed by atoms with Crippen LogP contribution in [0, 0.1) is 3.57 Å². The molecule has 4 heteroatoms. The standard InChI is InChI=1S/C16H12INO2/c17-14-5-1-11(2-6-14)10-18-8-7-12-3-4-13(16(19)20)9-15(12)18/h1-9H,10H2,(H,19,20). The molecule has 0 saturated carbocycles. The van der Waals surface area contributed by atoms with Crippen molar-refractivity contribution in [3.05, 3.63) is 69.4 Å². The summed E-state index contributed by atoms with van der Waals surface area (Å²) < 4.78 is 3.28. The number of aromatic nitrogens is 1. The number of hydrogen-bond donors (Lipinski definition) is 1. The van der Waals surface area contributed by atoms with Crippen LogP contribution in [0.4, 0.5) is 0 Å². The molecule has 0 saturated heterocycles. The van der Waals surface area contributed by atoms with E-state index in [9.17, 15) is 4.79 Å². The Balaban J connectivity index is 2.00. The van der Waals surface area contributed by atoms with Gasteiger partial charge in [0.05, 0.1) is 5.56 Å². The Bertz CT molecular complexity index is 775. The Labute approximate surface area is 130 Å². The lowest BCUT2D eigenvalue weighted by Crippen LogP contribution is -2.00. The normalized spacial score (nSPS) is 10.8. The van der Waals surface area contributed by atoms with E-state index in [-0.39, 0.29) is 0 Å². The lowest BCUT2D eigenvalue weighted by molar-refractivity contribution is 0.0697. The van der Waals surface area contributed by atoms with Gasteiger partial charge in [-0.15, -0.1) is 0 Å². The lowest BCUT2D eigenvalue weighted by Gasteiger charge is -2.06. The average molecular weight is 377 g/mol. The van der Waals surface area contributed by atoms with Crippen LogP contribution >= 0.6 is 22.6 Å². The predicted octanol–water partition coefficient (Wildman–Crippen LogP) is 3.99. The largest absolute Gasteiger partial charge is 0.478 e. The fourth-order valence-corrected chi connectivity index (χ4v) is 2.60. The zero-order valence-electron chi connectivity index (χ0n) is 10.6. The van der Waals surface area contributed by atoms with Crippen molar-refractivity contribution in [3.63, 3.8) is 0 Å². The van der Waals surface area contributed by atoms with Crippen molar-refractivity contribution in [2.75, 3.05) is 0 Å². The van der Waals surface area contributed by atoms with Gasteiger partial charge in [0, 0.05) is 21.8 Å². The van der Waals surface area contributed by atoms with Crippen LogP contribution in [0.1, 0.15) is 15.9 Å². The maximum absolute atomic E-state index is 11.1. The molecular formula is C16H12INO2. The molecule has 0 bridgehead atoms. The molecule has 3 aromatic rings. The lowest BCUT2D eigenvalue weighted by atomic mass is 10.1. The molecule has 100 valence electrons. The number of fused-ring (bicyclic) bond motifs is 1. The second kappa shape index (κ2) is 5.28. The van der Waals surface area contributed by atoms with Gasteiger partial charge in [0.25, 0.3) is 0 Å². The summed E-state index contributed by atoms with van der Waals surface area (Å²) in [6.45, 7) is 0.740. The molecule has 0 unspecified atom stereocenters. The van der Waals surface area contributed by atoms with E-state index in [0.717, 1.165) is 17.4 Å². The van der Waals surface area contributed by atoms with Gasteiger partial charge in [-0.3, -0.25) is 0 Å². The van der Waals surface area contributed by atoms with Gasteiger partial charge >= 0.3 is 5.97 Å². The second-order valence-corrected chi connectivity index (χ2v) is 5.89. The number of halogens is 1. The quantitative estimate of drug-likeness (QED) is 0.702. The van der Waals surface area contributed by atoms with Crippen LogP contribution in [0.3, 0.4) is 0 Å². The van der Waals surface area contributed by atoms with E-state index in [1.54, 1.807) is 12.1 Å². The number of rotatable bonds is 3. The number of aromatic carboxylic acids is 1. The first-order valence-electron chi connectivity index (χ1n) is 6.20. The minimum atomic E-state index is -0.895. The number of carboxylic acids is 1. The van der Waals surface area contributed by atoms with Crippen molar-refractivity contribution in [2.45, 2.75) is 6.54 Å². The van der Waals surface area contributed by atoms with E-state index in [2.05, 4.69) is 51.4 Å². The average Bonchev–Trinajstić information content (AvgIpc) is 2.84. The third-order valence-corrected chi connectivity index (χ3v) is 4.01. The van der Waals surface area contributed by atoms with Gasteiger partial charge in [-0.05, 0) is 63.9 Å². The summed E-state index contributed by atoms with van der Waals surface area (Å²) in [4.78, 5) is 11.1. The molecule has 1 heterocycles. The van der Waals surface area contributed by atoms with E-state index in [1.807, 2.05) is 18.3 Å². The minimum absolute atomic E-state index is 0.320. The monoisotopic (exact) mass is 377 g/mol. The van der Waals surface area contributed by atoms with Crippen molar-refractivity contribution in [1.82, 2.24) is 4.57 Å². The number of hydrogen-bond acceptors (Lipinski definition) is 1. The topological polar surface area (TPSA) is 42.2 Å². The summed E-state index contributed by atoms with van der Waals surface area (Å²) in [7, 11) is 0. The molecule has 0 fully saturated rings. The van der Waals surface area contributed by atoms with Gasteiger partial charge in [0.2, 0.25) is 0 Å². The van der Waals surface area contributed by atoms with E-state index < -0.39 is 5.97 Å². The molecule has 20 heavy (non-hydrogen) atoms. The molecular weight excluding hydrogens is 365 g/mol. The molecule has 3 rings (SSSR count). The van der Waals surface area contributed by atoms with Crippen LogP contribution in [0.5, 0.6) is 0 Å². The molecule has 0 radical (unpaired) electrons. The molecule has 0 aliphatic carbocycles. The summed E-state index contributed by atoms with van der Waals surface area (Å²) >= 11 is 2.28. The summed E-state index contributed by atoms with van der Waals surface area (Å²) in [5.41, 5.74) is 2.46. The number of benzene rings is 2. The predicted molar refractivity (Wildman–Crippen MR) is 87.2 cm³/mol. The van der Waals surface area contributed by atoms with E-state index in [0.29, 0.717) is 5.56 Å². The van der Waals surface area contributed by atoms with Gasteiger partial charge in [-0.2, -0.15) is 0 Å². The number of nitrogens with zero attached hydrogens (tertiary/aromatic N) is 1. The maximum Gasteiger partial charge on any atom is 0.335 e. The third kappa shape index (κ3) is 2.56. The van der Waals surface area contributed by atoms with Crippen LogP contribution in [-0.2, 0) is 6.54 Å². The zero-order valence-corrected chi connectivity index (χ0v) is 12.7. The number of carboxylic acid groups (broad SMARTS) is 1. The first-order chi connectivity index (χ1) is 9.63. The van der Waals surface area contributed by atoms with Crippen molar-refractivity contribution < 1.29 is 9.90 Å². The Morgan fingerprint density at radius 1 is 1.10 bits per heavy atom. The third-order valence-electron chi connectivity index (χ3n) is 3.29. The van der Waals surface area contributed by atoms with Gasteiger partial charge in [0.15, 0.2) is 0 Å². The van der Waals surface area contributed by atoms with Crippen molar-refractivity contribution in [1.29, 1.82) is 0 Å². The van der Waals surface area contributed by atoms with Gasteiger partial charge < -0.3 is 9.67 Å². The van der Waals surface area contributed by atoms with Crippen LogP contribution in [0.25, 0.3) is 10.9 Å². The van der Waals surface area contributed by atoms with Gasteiger partial charge in [-0.1, -0.05) is 18.2 Å². The molecule has 0 aliphatic rings. The van der Waals surface area contributed by atoms with Crippen LogP contribution in [0.15, 0.2) is 54.7 Å². The summed E-state index contributed by atoms with van der Waals surface area (Å²) in [5.74, 6) is -0.895. The number of carbonyl (C=O) groups is 1. The Hall–Kier alpha value is -1.82. The highest BCUT2D eigenvalue weighted by molar-refractivity contribution is 14.1. The van der Waals surface area contributed by atoms with Crippen LogP contribution in [-0.4, -0.2) is 15.6 Å². The SMILES string of the molecule is O=C(O)c1ccc2ccn(Cc3ccc(I)cc3)c2c1. The molecule has 0 atom stereocenters. The molecule has 1 N–H and O–H groups in total. The first-order valence-corrected chi connectivity index (χ1v) is 7.28. The van der Waals surface area contributed by atoms with E-state index in [4.69, 9.17) is 5.11 Å². The maximum atomic E-state index is 11.1. The Morgan fingerprint density at radius 2 is 1.85 bits per heavy atom. The molecule has 2 aromatic carbocycles. The van der Waals surface area contributed by atoms with Gasteiger partial charge in [-0.25, -0.2) is 4.79 Å². The van der Waals surface area contributed by atoms with Crippen LogP contribution < -0.4 is 0 Å². The highest BCUT2D eigenvalue weighted by Gasteiger charge is 2.07. The Morgan fingerprint density at radius 3 is 2.55 bits per heavy atom. The van der Waals surface area contributed by atoms with Crippen molar-refractivity contribution in [3.8, 4) is 0 Å². The van der Waals surface area contributed by atoms with Crippen LogP contribution in [0.2, 0.25) is 0 Å². The first kappa shape index (κ1) is 13.2. The fourth-order valence-electron chi connectivity index (χ4n) is 2.24. The smallest absolute Gasteiger partial charge is 0.335 e. The summed E-state index contributed by atoms with van der Waals surface area (Å²) in [6, 6.07) is 15.6. The second-order valence-electron chi connectivity index (χ2n) is 4.65. The summed E-state index contributed by atoms with van der Waals surface area (Å²) in [6.07, 6.45) is 1.99. The zero-order chi connectivity index (χ0) is 14.1. The molecule has 0 amide bonds. The van der Waals surface area contributed by atoms with Gasteiger partial charge in [0.1, 0.15) is 0 Å². The molecule has 0 aliphatic heterocycles. The highest BCUT2D eigenvalue weighted by Crippen LogP contribution is 2.19. The van der Waals surface area contributed by atoms with Crippen molar-refractivity contribution >= 4 is 39.5 Å². The Kier molecular flexibility index (Phi) is 3.48. The highest BCUT2D eigenvalue weighted by atomic mass is 127. The van der Waals surface area contributed by atoms with Crippen molar-refractivity contribution in [2.24, 2.45) is 0 Å². The van der Waals surface area contributed by atoms with E-state index in [1.165, 1.54) is 9.13 Å². The van der Waals surface area contributed by atoms with E-state index >= 15 is 0 Å². The fraction of sp³-hybridized carbons (Fsp3) is 0.0625. The molecule has 1 aromatic heterocycles.